The molecule has 0 fully saturated rings. The Labute approximate surface area is 177 Å². The Morgan fingerprint density at radius 2 is 1.90 bits per heavy atom. The van der Waals surface area contributed by atoms with Crippen LogP contribution in [0.4, 0.5) is 4.39 Å². The monoisotopic (exact) mass is 416 g/mol. The molecule has 0 radical (unpaired) electrons. The number of carbonyl (C=O) groups is 2. The van der Waals surface area contributed by atoms with Crippen molar-refractivity contribution in [2.75, 3.05) is 20.3 Å². The minimum Gasteiger partial charge on any atom is -0.497 e. The van der Waals surface area contributed by atoms with Crippen LogP contribution in [0.3, 0.4) is 0 Å². The molecule has 0 saturated heterocycles. The third-order valence-corrected chi connectivity index (χ3v) is 4.61. The van der Waals surface area contributed by atoms with Gasteiger partial charge in [0.1, 0.15) is 11.8 Å². The van der Waals surface area contributed by atoms with E-state index >= 15 is 0 Å². The number of nitrogens with one attached hydrogen (secondary N) is 1. The van der Waals surface area contributed by atoms with Crippen molar-refractivity contribution in [3.63, 3.8) is 0 Å². The van der Waals surface area contributed by atoms with Crippen molar-refractivity contribution in [2.45, 2.75) is 39.3 Å². The molecule has 0 heterocycles. The van der Waals surface area contributed by atoms with E-state index in [1.54, 1.807) is 19.2 Å². The van der Waals surface area contributed by atoms with E-state index in [9.17, 15) is 14.0 Å². The van der Waals surface area contributed by atoms with Crippen LogP contribution in [-0.4, -0.2) is 43.0 Å². The van der Waals surface area contributed by atoms with Gasteiger partial charge in [-0.25, -0.2) is 4.39 Å². The molecule has 1 N–H and O–H groups in total. The Morgan fingerprint density at radius 1 is 1.13 bits per heavy atom. The summed E-state index contributed by atoms with van der Waals surface area (Å²) in [5, 5.41) is 2.85. The molecule has 0 aliphatic rings. The van der Waals surface area contributed by atoms with Crippen LogP contribution in [0.15, 0.2) is 48.5 Å². The number of methoxy groups -OCH3 is 1. The van der Waals surface area contributed by atoms with Crippen LogP contribution in [0.1, 0.15) is 32.3 Å². The van der Waals surface area contributed by atoms with Crippen molar-refractivity contribution in [1.29, 1.82) is 0 Å². The van der Waals surface area contributed by atoms with Crippen molar-refractivity contribution in [3.8, 4) is 11.5 Å². The lowest BCUT2D eigenvalue weighted by atomic mass is 10.1. The fourth-order valence-corrected chi connectivity index (χ4v) is 3.04. The summed E-state index contributed by atoms with van der Waals surface area (Å²) in [6.45, 7) is 4.17. The van der Waals surface area contributed by atoms with Gasteiger partial charge in [0.25, 0.3) is 5.91 Å². The van der Waals surface area contributed by atoms with Crippen LogP contribution >= 0.6 is 0 Å². The van der Waals surface area contributed by atoms with Crippen LogP contribution in [0, 0.1) is 5.82 Å². The van der Waals surface area contributed by atoms with Gasteiger partial charge in [0, 0.05) is 13.1 Å². The molecule has 1 atom stereocenters. The minimum atomic E-state index is -0.667. The maximum Gasteiger partial charge on any atom is 0.261 e. The molecule has 6 nitrogen and oxygen atoms in total. The minimum absolute atomic E-state index is 0.00402. The van der Waals surface area contributed by atoms with Crippen LogP contribution in [-0.2, 0) is 16.1 Å². The maximum atomic E-state index is 13.8. The molecule has 162 valence electrons. The lowest BCUT2D eigenvalue weighted by Gasteiger charge is -2.30. The van der Waals surface area contributed by atoms with Crippen LogP contribution in [0.5, 0.6) is 11.5 Å². The van der Waals surface area contributed by atoms with E-state index in [0.717, 1.165) is 12.0 Å². The molecule has 0 aromatic heterocycles. The van der Waals surface area contributed by atoms with Crippen molar-refractivity contribution < 1.29 is 23.5 Å². The second kappa shape index (κ2) is 11.8. The van der Waals surface area contributed by atoms with E-state index in [1.165, 1.54) is 17.0 Å². The quantitative estimate of drug-likeness (QED) is 0.608. The Bertz CT molecular complexity index is 843. The summed E-state index contributed by atoms with van der Waals surface area (Å²) in [7, 11) is 1.57. The number of nitrogens with zero attached hydrogens (tertiary/aromatic N) is 1. The molecule has 2 aromatic rings. The van der Waals surface area contributed by atoms with Gasteiger partial charge in [0.05, 0.1) is 7.11 Å². The number of hydrogen-bond acceptors (Lipinski definition) is 4. The van der Waals surface area contributed by atoms with Gasteiger partial charge in [-0.3, -0.25) is 9.59 Å². The number of amides is 2. The highest BCUT2D eigenvalue weighted by Crippen LogP contribution is 2.19. The third kappa shape index (κ3) is 6.47. The number of benzene rings is 2. The highest BCUT2D eigenvalue weighted by molar-refractivity contribution is 5.88. The largest absolute Gasteiger partial charge is 0.497 e. The summed E-state index contributed by atoms with van der Waals surface area (Å²) in [6.07, 6.45) is 1.23. The molecule has 0 unspecified atom stereocenters. The van der Waals surface area contributed by atoms with Crippen molar-refractivity contribution >= 4 is 11.8 Å². The SMILES string of the molecule is CCCNC(=O)[C@H](CC)N(Cc1cccc(OC)c1)C(=O)COc1ccccc1F. The lowest BCUT2D eigenvalue weighted by molar-refractivity contribution is -0.143. The van der Waals surface area contributed by atoms with Gasteiger partial charge in [0.15, 0.2) is 18.2 Å². The summed E-state index contributed by atoms with van der Waals surface area (Å²) in [4.78, 5) is 27.2. The number of para-hydroxylation sites is 1. The Hall–Kier alpha value is -3.09. The van der Waals surface area contributed by atoms with Crippen molar-refractivity contribution in [2.24, 2.45) is 0 Å². The Balaban J connectivity index is 2.22. The molecular weight excluding hydrogens is 387 g/mol. The predicted octanol–water partition coefficient (Wildman–Crippen LogP) is 3.55. The predicted molar refractivity (Wildman–Crippen MR) is 113 cm³/mol. The molecule has 0 bridgehead atoms. The summed E-state index contributed by atoms with van der Waals surface area (Å²) in [5.41, 5.74) is 0.815. The zero-order valence-corrected chi connectivity index (χ0v) is 17.7. The zero-order chi connectivity index (χ0) is 21.9. The molecule has 0 spiro atoms. The first kappa shape index (κ1) is 23.2. The van der Waals surface area contributed by atoms with Crippen LogP contribution in [0.25, 0.3) is 0 Å². The molecule has 2 rings (SSSR count). The third-order valence-electron chi connectivity index (χ3n) is 4.61. The molecular formula is C23H29FN2O4. The van der Waals surface area contributed by atoms with Gasteiger partial charge >= 0.3 is 0 Å². The molecule has 7 heteroatoms. The zero-order valence-electron chi connectivity index (χ0n) is 17.7. The summed E-state index contributed by atoms with van der Waals surface area (Å²) >= 11 is 0. The van der Waals surface area contributed by atoms with Gasteiger partial charge in [-0.05, 0) is 42.7 Å². The molecule has 30 heavy (non-hydrogen) atoms. The van der Waals surface area contributed by atoms with E-state index in [1.807, 2.05) is 38.1 Å². The second-order valence-electron chi connectivity index (χ2n) is 6.81. The number of halogens is 1. The molecule has 2 aromatic carbocycles. The van der Waals surface area contributed by atoms with Crippen LogP contribution < -0.4 is 14.8 Å². The highest BCUT2D eigenvalue weighted by atomic mass is 19.1. The second-order valence-corrected chi connectivity index (χ2v) is 6.81. The van der Waals surface area contributed by atoms with Crippen molar-refractivity contribution in [3.05, 3.63) is 59.9 Å². The van der Waals surface area contributed by atoms with E-state index in [0.29, 0.717) is 18.7 Å². The number of rotatable bonds is 11. The standard InChI is InChI=1S/C23H29FN2O4/c1-4-13-25-23(28)20(5-2)26(15-17-9-8-10-18(14-17)29-3)22(27)16-30-21-12-7-6-11-19(21)24/h6-12,14,20H,4-5,13,15-16H2,1-3H3,(H,25,28)/t20-/m0/s1. The topological polar surface area (TPSA) is 67.9 Å². The number of hydrogen-bond donors (Lipinski definition) is 1. The van der Waals surface area contributed by atoms with Gasteiger partial charge < -0.3 is 19.7 Å². The molecule has 0 aliphatic carbocycles. The normalized spacial score (nSPS) is 11.5. The van der Waals surface area contributed by atoms with E-state index in [-0.39, 0.29) is 24.8 Å². The lowest BCUT2D eigenvalue weighted by Crippen LogP contribution is -2.50. The molecule has 2 amide bonds. The highest BCUT2D eigenvalue weighted by Gasteiger charge is 2.29. The Kier molecular flexibility index (Phi) is 9.12. The number of ether oxygens (including phenoxy) is 2. The molecule has 0 saturated carbocycles. The van der Waals surface area contributed by atoms with Gasteiger partial charge in [-0.15, -0.1) is 0 Å². The summed E-state index contributed by atoms with van der Waals surface area (Å²) in [5.74, 6) is -0.514. The first-order chi connectivity index (χ1) is 14.5. The Morgan fingerprint density at radius 3 is 2.57 bits per heavy atom. The fourth-order valence-electron chi connectivity index (χ4n) is 3.04. The average Bonchev–Trinajstić information content (AvgIpc) is 2.76. The van der Waals surface area contributed by atoms with E-state index in [4.69, 9.17) is 9.47 Å². The fraction of sp³-hybridized carbons (Fsp3) is 0.391. The van der Waals surface area contributed by atoms with Gasteiger partial charge in [-0.2, -0.15) is 0 Å². The summed E-state index contributed by atoms with van der Waals surface area (Å²) < 4.78 is 24.5. The van der Waals surface area contributed by atoms with E-state index < -0.39 is 17.8 Å². The van der Waals surface area contributed by atoms with Crippen molar-refractivity contribution in [1.82, 2.24) is 10.2 Å². The smallest absolute Gasteiger partial charge is 0.261 e. The van der Waals surface area contributed by atoms with E-state index in [2.05, 4.69) is 5.32 Å². The van der Waals surface area contributed by atoms with Gasteiger partial charge in [0.2, 0.25) is 5.91 Å². The van der Waals surface area contributed by atoms with Crippen LogP contribution in [0.2, 0.25) is 0 Å². The first-order valence-electron chi connectivity index (χ1n) is 10.1. The first-order valence-corrected chi connectivity index (χ1v) is 10.1. The number of carbonyl (C=O) groups excluding carboxylic acids is 2. The average molecular weight is 416 g/mol. The maximum absolute atomic E-state index is 13.8. The van der Waals surface area contributed by atoms with Gasteiger partial charge in [-0.1, -0.05) is 38.1 Å². The molecule has 0 aliphatic heterocycles. The summed E-state index contributed by atoms with van der Waals surface area (Å²) in [6, 6.07) is 12.5.